The number of carbonyl (C=O) groups excluding carboxylic acids is 1. The molecule has 2 heterocycles. The van der Waals surface area contributed by atoms with E-state index in [0.29, 0.717) is 13.1 Å². The van der Waals surface area contributed by atoms with Crippen molar-refractivity contribution in [3.05, 3.63) is 52.5 Å². The minimum Gasteiger partial charge on any atom is -0.335 e. The number of rotatable bonds is 6. The van der Waals surface area contributed by atoms with Crippen LogP contribution in [0, 0.1) is 0 Å². The van der Waals surface area contributed by atoms with Crippen molar-refractivity contribution in [3.8, 4) is 0 Å². The molecule has 112 valence electrons. The SMILES string of the molecule is CCN(Cc1ccncc1)C(=O)N[C@H](C)Cc1ccsc1. The van der Waals surface area contributed by atoms with Crippen LogP contribution in [0.5, 0.6) is 0 Å². The summed E-state index contributed by atoms with van der Waals surface area (Å²) in [5.74, 6) is 0. The average molecular weight is 303 g/mol. The summed E-state index contributed by atoms with van der Waals surface area (Å²) in [4.78, 5) is 18.1. The van der Waals surface area contributed by atoms with Gasteiger partial charge in [-0.3, -0.25) is 4.98 Å². The van der Waals surface area contributed by atoms with Crippen molar-refractivity contribution < 1.29 is 4.79 Å². The number of thiophene rings is 1. The van der Waals surface area contributed by atoms with Crippen LogP contribution in [0.4, 0.5) is 4.79 Å². The monoisotopic (exact) mass is 303 g/mol. The highest BCUT2D eigenvalue weighted by atomic mass is 32.1. The quantitative estimate of drug-likeness (QED) is 0.890. The summed E-state index contributed by atoms with van der Waals surface area (Å²) in [5, 5.41) is 7.25. The Kier molecular flexibility index (Phi) is 5.75. The second kappa shape index (κ2) is 7.78. The van der Waals surface area contributed by atoms with Gasteiger partial charge in [0, 0.05) is 31.5 Å². The number of aromatic nitrogens is 1. The summed E-state index contributed by atoms with van der Waals surface area (Å²) in [6.45, 7) is 5.31. The molecule has 0 aliphatic rings. The van der Waals surface area contributed by atoms with E-state index in [0.717, 1.165) is 12.0 Å². The molecule has 0 aliphatic carbocycles. The van der Waals surface area contributed by atoms with Gasteiger partial charge in [0.2, 0.25) is 0 Å². The highest BCUT2D eigenvalue weighted by Gasteiger charge is 2.14. The molecule has 2 amide bonds. The maximum atomic E-state index is 12.3. The fourth-order valence-corrected chi connectivity index (χ4v) is 2.83. The molecule has 0 aliphatic heterocycles. The molecule has 0 radical (unpaired) electrons. The third-order valence-electron chi connectivity index (χ3n) is 3.28. The Morgan fingerprint density at radius 3 is 2.71 bits per heavy atom. The first-order chi connectivity index (χ1) is 10.2. The molecule has 0 saturated heterocycles. The van der Waals surface area contributed by atoms with Gasteiger partial charge in [-0.2, -0.15) is 11.3 Å². The third-order valence-corrected chi connectivity index (χ3v) is 4.02. The van der Waals surface area contributed by atoms with E-state index in [2.05, 4.69) is 27.1 Å². The van der Waals surface area contributed by atoms with Crippen LogP contribution in [0.3, 0.4) is 0 Å². The molecule has 1 N–H and O–H groups in total. The molecule has 0 saturated carbocycles. The van der Waals surface area contributed by atoms with Gasteiger partial charge in [0.1, 0.15) is 0 Å². The number of amides is 2. The van der Waals surface area contributed by atoms with E-state index >= 15 is 0 Å². The molecule has 21 heavy (non-hydrogen) atoms. The summed E-state index contributed by atoms with van der Waals surface area (Å²) < 4.78 is 0. The summed E-state index contributed by atoms with van der Waals surface area (Å²) in [7, 11) is 0. The van der Waals surface area contributed by atoms with Crippen LogP contribution in [-0.4, -0.2) is 28.5 Å². The molecule has 0 bridgehead atoms. The fraction of sp³-hybridized carbons (Fsp3) is 0.375. The Balaban J connectivity index is 1.87. The largest absolute Gasteiger partial charge is 0.335 e. The number of hydrogen-bond donors (Lipinski definition) is 1. The normalized spacial score (nSPS) is 11.9. The maximum Gasteiger partial charge on any atom is 0.317 e. The van der Waals surface area contributed by atoms with Gasteiger partial charge in [-0.1, -0.05) is 0 Å². The van der Waals surface area contributed by atoms with Crippen LogP contribution in [0.15, 0.2) is 41.4 Å². The fourth-order valence-electron chi connectivity index (χ4n) is 2.15. The molecule has 2 aromatic rings. The van der Waals surface area contributed by atoms with Crippen LogP contribution in [-0.2, 0) is 13.0 Å². The van der Waals surface area contributed by atoms with Crippen molar-refractivity contribution >= 4 is 17.4 Å². The highest BCUT2D eigenvalue weighted by Crippen LogP contribution is 2.09. The highest BCUT2D eigenvalue weighted by molar-refractivity contribution is 7.07. The summed E-state index contributed by atoms with van der Waals surface area (Å²) in [6, 6.07) is 6.08. The van der Waals surface area contributed by atoms with Gasteiger partial charge in [-0.05, 0) is 60.4 Å². The van der Waals surface area contributed by atoms with Crippen LogP contribution >= 0.6 is 11.3 Å². The number of nitrogens with zero attached hydrogens (tertiary/aromatic N) is 2. The molecule has 0 unspecified atom stereocenters. The first kappa shape index (κ1) is 15.5. The lowest BCUT2D eigenvalue weighted by Gasteiger charge is -2.24. The first-order valence-corrected chi connectivity index (χ1v) is 8.08. The van der Waals surface area contributed by atoms with E-state index in [9.17, 15) is 4.79 Å². The van der Waals surface area contributed by atoms with Crippen molar-refractivity contribution in [3.63, 3.8) is 0 Å². The Morgan fingerprint density at radius 1 is 1.33 bits per heavy atom. The number of nitrogens with one attached hydrogen (secondary N) is 1. The summed E-state index contributed by atoms with van der Waals surface area (Å²) in [6.07, 6.45) is 4.36. The number of carbonyl (C=O) groups is 1. The molecule has 4 nitrogen and oxygen atoms in total. The molecule has 0 fully saturated rings. The molecule has 2 aromatic heterocycles. The van der Waals surface area contributed by atoms with E-state index in [1.807, 2.05) is 26.0 Å². The van der Waals surface area contributed by atoms with Crippen LogP contribution in [0.2, 0.25) is 0 Å². The zero-order chi connectivity index (χ0) is 15.1. The molecule has 0 aromatic carbocycles. The lowest BCUT2D eigenvalue weighted by Crippen LogP contribution is -2.44. The van der Waals surface area contributed by atoms with Crippen LogP contribution in [0.25, 0.3) is 0 Å². The van der Waals surface area contributed by atoms with Crippen molar-refractivity contribution in [2.75, 3.05) is 6.54 Å². The molecular formula is C16H21N3OS. The number of hydrogen-bond acceptors (Lipinski definition) is 3. The van der Waals surface area contributed by atoms with Gasteiger partial charge in [-0.25, -0.2) is 4.79 Å². The Labute approximate surface area is 129 Å². The topological polar surface area (TPSA) is 45.2 Å². The van der Waals surface area contributed by atoms with Crippen molar-refractivity contribution in [1.82, 2.24) is 15.2 Å². The second-order valence-corrected chi connectivity index (χ2v) is 5.84. The van der Waals surface area contributed by atoms with E-state index in [1.54, 1.807) is 28.6 Å². The Bertz CT molecular complexity index is 542. The Morgan fingerprint density at radius 2 is 2.10 bits per heavy atom. The van der Waals surface area contributed by atoms with Crippen LogP contribution < -0.4 is 5.32 Å². The Hall–Kier alpha value is -1.88. The van der Waals surface area contributed by atoms with Crippen molar-refractivity contribution in [1.29, 1.82) is 0 Å². The average Bonchev–Trinajstić information content (AvgIpc) is 2.98. The predicted octanol–water partition coefficient (Wildman–Crippen LogP) is 3.31. The van der Waals surface area contributed by atoms with E-state index in [-0.39, 0.29) is 12.1 Å². The zero-order valence-electron chi connectivity index (χ0n) is 12.5. The maximum absolute atomic E-state index is 12.3. The first-order valence-electron chi connectivity index (χ1n) is 7.14. The van der Waals surface area contributed by atoms with Gasteiger partial charge in [-0.15, -0.1) is 0 Å². The summed E-state index contributed by atoms with van der Waals surface area (Å²) in [5.41, 5.74) is 2.36. The lowest BCUT2D eigenvalue weighted by atomic mass is 10.1. The van der Waals surface area contributed by atoms with Gasteiger partial charge >= 0.3 is 6.03 Å². The zero-order valence-corrected chi connectivity index (χ0v) is 13.3. The molecule has 5 heteroatoms. The van der Waals surface area contributed by atoms with E-state index in [1.165, 1.54) is 5.56 Å². The van der Waals surface area contributed by atoms with Crippen molar-refractivity contribution in [2.45, 2.75) is 32.9 Å². The standard InChI is InChI=1S/C16H21N3OS/c1-3-19(11-14-4-7-17-8-5-14)16(20)18-13(2)10-15-6-9-21-12-15/h4-9,12-13H,3,10-11H2,1-2H3,(H,18,20)/t13-/m1/s1. The van der Waals surface area contributed by atoms with Gasteiger partial charge < -0.3 is 10.2 Å². The molecule has 0 spiro atoms. The van der Waals surface area contributed by atoms with E-state index < -0.39 is 0 Å². The molecule has 1 atom stereocenters. The smallest absolute Gasteiger partial charge is 0.317 e. The molecule has 2 rings (SSSR count). The molecular weight excluding hydrogens is 282 g/mol. The predicted molar refractivity (Wildman–Crippen MR) is 86.3 cm³/mol. The number of urea groups is 1. The third kappa shape index (κ3) is 4.86. The minimum atomic E-state index is -0.0166. The van der Waals surface area contributed by atoms with Gasteiger partial charge in [0.25, 0.3) is 0 Å². The number of pyridine rings is 1. The minimum absolute atomic E-state index is 0.0166. The van der Waals surface area contributed by atoms with Gasteiger partial charge in [0.05, 0.1) is 0 Å². The second-order valence-electron chi connectivity index (χ2n) is 5.06. The van der Waals surface area contributed by atoms with Gasteiger partial charge in [0.15, 0.2) is 0 Å². The van der Waals surface area contributed by atoms with Crippen LogP contribution in [0.1, 0.15) is 25.0 Å². The van der Waals surface area contributed by atoms with Crippen molar-refractivity contribution in [2.24, 2.45) is 0 Å². The summed E-state index contributed by atoms with van der Waals surface area (Å²) >= 11 is 1.68. The van der Waals surface area contributed by atoms with E-state index in [4.69, 9.17) is 0 Å². The lowest BCUT2D eigenvalue weighted by molar-refractivity contribution is 0.194.